The summed E-state index contributed by atoms with van der Waals surface area (Å²) in [7, 11) is 1.66. The molecule has 4 nitrogen and oxygen atoms in total. The van der Waals surface area contributed by atoms with Crippen LogP contribution in [0.25, 0.3) is 0 Å². The molecule has 5 heteroatoms. The number of hydrogen-bond acceptors (Lipinski definition) is 4. The zero-order chi connectivity index (χ0) is 19.2. The quantitative estimate of drug-likeness (QED) is 0.739. The van der Waals surface area contributed by atoms with Crippen LogP contribution in [0.2, 0.25) is 0 Å². The first-order valence-electron chi connectivity index (χ1n) is 9.29. The van der Waals surface area contributed by atoms with Gasteiger partial charge in [-0.05, 0) is 61.6 Å². The predicted molar refractivity (Wildman–Crippen MR) is 113 cm³/mol. The van der Waals surface area contributed by atoms with Gasteiger partial charge in [-0.2, -0.15) is 0 Å². The maximum Gasteiger partial charge on any atom is 0.228 e. The van der Waals surface area contributed by atoms with Crippen LogP contribution in [0.3, 0.4) is 0 Å². The predicted octanol–water partition coefficient (Wildman–Crippen LogP) is 4.90. The molecule has 0 unspecified atom stereocenters. The number of carbonyl (C=O) groups excluding carboxylic acids is 1. The summed E-state index contributed by atoms with van der Waals surface area (Å²) in [5.41, 5.74) is 4.40. The van der Waals surface area contributed by atoms with Gasteiger partial charge in [0.25, 0.3) is 0 Å². The van der Waals surface area contributed by atoms with Crippen LogP contribution >= 0.6 is 11.8 Å². The molecule has 3 rings (SSSR count). The Hall–Kier alpha value is -2.27. The highest BCUT2D eigenvalue weighted by molar-refractivity contribution is 8.13. The number of ether oxygens (including phenoxy) is 1. The number of aliphatic imine (C=N–C) groups is 1. The van der Waals surface area contributed by atoms with Gasteiger partial charge in [0, 0.05) is 18.7 Å². The number of rotatable bonds is 5. The van der Waals surface area contributed by atoms with E-state index in [0.29, 0.717) is 6.42 Å². The highest BCUT2D eigenvalue weighted by Gasteiger charge is 2.23. The molecule has 0 saturated carbocycles. The van der Waals surface area contributed by atoms with Crippen LogP contribution < -0.4 is 4.74 Å². The van der Waals surface area contributed by atoms with E-state index in [4.69, 9.17) is 9.73 Å². The van der Waals surface area contributed by atoms with Gasteiger partial charge in [-0.15, -0.1) is 0 Å². The Morgan fingerprint density at radius 2 is 1.96 bits per heavy atom. The lowest BCUT2D eigenvalue weighted by Gasteiger charge is -2.28. The summed E-state index contributed by atoms with van der Waals surface area (Å²) in [6.45, 7) is 4.87. The SMILES string of the molecule is COc1ccc(CCC(=O)N2CCCSC2=Nc2cc(C)ccc2C)cc1. The maximum absolute atomic E-state index is 12.9. The Kier molecular flexibility index (Phi) is 6.56. The van der Waals surface area contributed by atoms with Crippen molar-refractivity contribution in [3.8, 4) is 5.75 Å². The fraction of sp³-hybridized carbons (Fsp3) is 0.364. The van der Waals surface area contributed by atoms with Crippen molar-refractivity contribution in [2.24, 2.45) is 4.99 Å². The number of carbonyl (C=O) groups is 1. The van der Waals surface area contributed by atoms with Crippen molar-refractivity contribution in [1.82, 2.24) is 4.90 Å². The topological polar surface area (TPSA) is 41.9 Å². The molecular weight excluding hydrogens is 356 g/mol. The van der Waals surface area contributed by atoms with Gasteiger partial charge in [-0.3, -0.25) is 9.69 Å². The Morgan fingerprint density at radius 3 is 2.70 bits per heavy atom. The molecule has 2 aromatic carbocycles. The molecule has 27 heavy (non-hydrogen) atoms. The van der Waals surface area contributed by atoms with Crippen molar-refractivity contribution >= 4 is 28.5 Å². The van der Waals surface area contributed by atoms with E-state index in [1.54, 1.807) is 18.9 Å². The van der Waals surface area contributed by atoms with Crippen LogP contribution in [0.15, 0.2) is 47.5 Å². The fourth-order valence-corrected chi connectivity index (χ4v) is 3.97. The molecule has 142 valence electrons. The van der Waals surface area contributed by atoms with Gasteiger partial charge in [0.05, 0.1) is 12.8 Å². The van der Waals surface area contributed by atoms with Crippen molar-refractivity contribution in [3.63, 3.8) is 0 Å². The van der Waals surface area contributed by atoms with Crippen LogP contribution in [0.5, 0.6) is 5.75 Å². The van der Waals surface area contributed by atoms with Crippen molar-refractivity contribution < 1.29 is 9.53 Å². The molecular formula is C22H26N2O2S. The first-order valence-corrected chi connectivity index (χ1v) is 10.3. The number of amides is 1. The first-order chi connectivity index (χ1) is 13.1. The minimum atomic E-state index is 0.141. The summed E-state index contributed by atoms with van der Waals surface area (Å²) in [5.74, 6) is 1.98. The molecule has 1 heterocycles. The van der Waals surface area contributed by atoms with Gasteiger partial charge in [0.2, 0.25) is 5.91 Å². The Morgan fingerprint density at radius 1 is 1.19 bits per heavy atom. The lowest BCUT2D eigenvalue weighted by Crippen LogP contribution is -2.39. The van der Waals surface area contributed by atoms with Crippen LogP contribution in [-0.2, 0) is 11.2 Å². The number of thioether (sulfide) groups is 1. The van der Waals surface area contributed by atoms with Crippen LogP contribution in [0.4, 0.5) is 5.69 Å². The molecule has 1 aliphatic rings. The summed E-state index contributed by atoms with van der Waals surface area (Å²) < 4.78 is 5.18. The number of methoxy groups -OCH3 is 1. The van der Waals surface area contributed by atoms with Crippen LogP contribution in [-0.4, -0.2) is 35.4 Å². The molecule has 0 atom stereocenters. The average Bonchev–Trinajstić information content (AvgIpc) is 2.69. The van der Waals surface area contributed by atoms with Crippen molar-refractivity contribution in [1.29, 1.82) is 0 Å². The second kappa shape index (κ2) is 9.09. The zero-order valence-electron chi connectivity index (χ0n) is 16.2. The normalized spacial score (nSPS) is 15.8. The lowest BCUT2D eigenvalue weighted by molar-refractivity contribution is -0.127. The summed E-state index contributed by atoms with van der Waals surface area (Å²) in [6.07, 6.45) is 2.21. The summed E-state index contributed by atoms with van der Waals surface area (Å²) in [6, 6.07) is 14.2. The third-order valence-electron chi connectivity index (χ3n) is 4.66. The third-order valence-corrected chi connectivity index (χ3v) is 5.72. The van der Waals surface area contributed by atoms with E-state index < -0.39 is 0 Å². The molecule has 1 fully saturated rings. The molecule has 1 saturated heterocycles. The Balaban J connectivity index is 1.71. The largest absolute Gasteiger partial charge is 0.497 e. The smallest absolute Gasteiger partial charge is 0.228 e. The van der Waals surface area contributed by atoms with Gasteiger partial charge >= 0.3 is 0 Å². The monoisotopic (exact) mass is 382 g/mol. The highest BCUT2D eigenvalue weighted by atomic mass is 32.2. The first kappa shape index (κ1) is 19.5. The maximum atomic E-state index is 12.9. The minimum Gasteiger partial charge on any atom is -0.497 e. The molecule has 0 radical (unpaired) electrons. The van der Waals surface area contributed by atoms with Gasteiger partial charge in [0.1, 0.15) is 5.75 Å². The van der Waals surface area contributed by atoms with Crippen LogP contribution in [0, 0.1) is 13.8 Å². The van der Waals surface area contributed by atoms with Gasteiger partial charge in [-0.25, -0.2) is 4.99 Å². The standard InChI is InChI=1S/C22H26N2O2S/c1-16-5-6-17(2)20(15-16)23-22-24(13-4-14-27-22)21(25)12-9-18-7-10-19(26-3)11-8-18/h5-8,10-11,15H,4,9,12-14H2,1-3H3. The molecule has 0 aliphatic carbocycles. The second-order valence-electron chi connectivity index (χ2n) is 6.78. The summed E-state index contributed by atoms with van der Waals surface area (Å²) >= 11 is 1.67. The van der Waals surface area contributed by atoms with Crippen molar-refractivity contribution in [2.45, 2.75) is 33.1 Å². The third kappa shape index (κ3) is 5.13. The number of aryl methyl sites for hydroxylation is 3. The van der Waals surface area contributed by atoms with Crippen molar-refractivity contribution in [3.05, 3.63) is 59.2 Å². The molecule has 1 aliphatic heterocycles. The Labute approximate surface area is 165 Å². The molecule has 0 aromatic heterocycles. The average molecular weight is 383 g/mol. The number of hydrogen-bond donors (Lipinski definition) is 0. The number of nitrogens with zero attached hydrogens (tertiary/aromatic N) is 2. The molecule has 0 bridgehead atoms. The fourth-order valence-electron chi connectivity index (χ4n) is 3.01. The van der Waals surface area contributed by atoms with Gasteiger partial charge < -0.3 is 4.74 Å². The molecule has 1 amide bonds. The Bertz CT molecular complexity index is 831. The van der Waals surface area contributed by atoms with E-state index in [2.05, 4.69) is 32.0 Å². The zero-order valence-corrected chi connectivity index (χ0v) is 17.0. The van der Waals surface area contributed by atoms with E-state index >= 15 is 0 Å². The minimum absolute atomic E-state index is 0.141. The lowest BCUT2D eigenvalue weighted by atomic mass is 10.1. The molecule has 0 spiro atoms. The van der Waals surface area contributed by atoms with E-state index in [1.165, 1.54) is 5.56 Å². The van der Waals surface area contributed by atoms with E-state index in [0.717, 1.165) is 52.9 Å². The van der Waals surface area contributed by atoms with Crippen LogP contribution in [0.1, 0.15) is 29.5 Å². The van der Waals surface area contributed by atoms with E-state index in [1.807, 2.05) is 29.2 Å². The summed E-state index contributed by atoms with van der Waals surface area (Å²) in [5, 5.41) is 0.828. The van der Waals surface area contributed by atoms with Gasteiger partial charge in [0.15, 0.2) is 5.17 Å². The number of amidine groups is 1. The van der Waals surface area contributed by atoms with Crippen molar-refractivity contribution in [2.75, 3.05) is 19.4 Å². The summed E-state index contributed by atoms with van der Waals surface area (Å²) in [4.78, 5) is 19.5. The number of benzene rings is 2. The second-order valence-corrected chi connectivity index (χ2v) is 7.84. The highest BCUT2D eigenvalue weighted by Crippen LogP contribution is 2.26. The van der Waals surface area contributed by atoms with Gasteiger partial charge in [-0.1, -0.05) is 36.0 Å². The van der Waals surface area contributed by atoms with E-state index in [-0.39, 0.29) is 5.91 Å². The molecule has 2 aromatic rings. The molecule has 0 N–H and O–H groups in total. The van der Waals surface area contributed by atoms with E-state index in [9.17, 15) is 4.79 Å².